The number of hydrogen-bond acceptors (Lipinski definition) is 6. The van der Waals surface area contributed by atoms with E-state index in [4.69, 9.17) is 0 Å². The first-order valence-electron chi connectivity index (χ1n) is 6.60. The lowest BCUT2D eigenvalue weighted by Gasteiger charge is -2.10. The molecule has 1 aromatic heterocycles. The summed E-state index contributed by atoms with van der Waals surface area (Å²) in [4.78, 5) is 12.1. The molecule has 2 N–H and O–H groups in total. The predicted octanol–water partition coefficient (Wildman–Crippen LogP) is 3.53. The van der Waals surface area contributed by atoms with Crippen molar-refractivity contribution in [3.8, 4) is 0 Å². The van der Waals surface area contributed by atoms with Gasteiger partial charge in [0, 0.05) is 12.6 Å². The van der Waals surface area contributed by atoms with E-state index in [2.05, 4.69) is 27.4 Å². The van der Waals surface area contributed by atoms with Crippen molar-refractivity contribution < 1.29 is 13.6 Å². The Morgan fingerprint density at radius 1 is 1.48 bits per heavy atom. The second-order valence-electron chi connectivity index (χ2n) is 4.42. The summed E-state index contributed by atoms with van der Waals surface area (Å²) in [6.07, 6.45) is 1.69. The van der Waals surface area contributed by atoms with Crippen LogP contribution in [0.3, 0.4) is 0 Å². The van der Waals surface area contributed by atoms with Gasteiger partial charge in [-0.3, -0.25) is 4.79 Å². The van der Waals surface area contributed by atoms with Crippen LogP contribution in [0.15, 0.2) is 35.2 Å². The first kappa shape index (κ1) is 17.4. The quantitative estimate of drug-likeness (QED) is 0.587. The summed E-state index contributed by atoms with van der Waals surface area (Å²) in [5.41, 5.74) is -0.187. The van der Waals surface area contributed by atoms with Crippen molar-refractivity contribution in [2.75, 3.05) is 17.2 Å². The van der Waals surface area contributed by atoms with E-state index < -0.39 is 22.8 Å². The summed E-state index contributed by atoms with van der Waals surface area (Å²) >= 11 is 2.48. The SMILES string of the molecule is C=CCNc1nnc(SC(C)C(=O)Nc2cc(F)ccc2F)s1. The maximum atomic E-state index is 13.5. The molecule has 1 aromatic carbocycles. The highest BCUT2D eigenvalue weighted by molar-refractivity contribution is 8.02. The van der Waals surface area contributed by atoms with Gasteiger partial charge in [-0.2, -0.15) is 0 Å². The van der Waals surface area contributed by atoms with Crippen LogP contribution >= 0.6 is 23.1 Å². The van der Waals surface area contributed by atoms with Crippen LogP contribution in [-0.2, 0) is 4.79 Å². The Hall–Kier alpha value is -2.00. The number of carbonyl (C=O) groups is 1. The maximum absolute atomic E-state index is 13.5. The molecule has 0 bridgehead atoms. The van der Waals surface area contributed by atoms with Crippen LogP contribution in [0.2, 0.25) is 0 Å². The Kier molecular flexibility index (Phi) is 6.05. The van der Waals surface area contributed by atoms with Crippen molar-refractivity contribution in [1.29, 1.82) is 0 Å². The van der Waals surface area contributed by atoms with Gasteiger partial charge < -0.3 is 10.6 Å². The summed E-state index contributed by atoms with van der Waals surface area (Å²) in [6, 6.07) is 2.89. The molecule has 1 unspecified atom stereocenters. The van der Waals surface area contributed by atoms with Gasteiger partial charge in [0.1, 0.15) is 11.6 Å². The molecule has 2 aromatic rings. The molecule has 0 saturated heterocycles. The minimum Gasteiger partial charge on any atom is -0.357 e. The molecule has 0 aliphatic carbocycles. The molecule has 2 rings (SSSR count). The third-order valence-electron chi connectivity index (χ3n) is 2.64. The summed E-state index contributed by atoms with van der Waals surface area (Å²) in [6.45, 7) is 5.80. The zero-order valence-corrected chi connectivity index (χ0v) is 13.8. The Balaban J connectivity index is 1.95. The van der Waals surface area contributed by atoms with Crippen molar-refractivity contribution in [1.82, 2.24) is 10.2 Å². The van der Waals surface area contributed by atoms with Crippen molar-refractivity contribution in [2.24, 2.45) is 0 Å². The topological polar surface area (TPSA) is 66.9 Å². The highest BCUT2D eigenvalue weighted by Crippen LogP contribution is 2.29. The minimum absolute atomic E-state index is 0.187. The fraction of sp³-hybridized carbons (Fsp3) is 0.214. The van der Waals surface area contributed by atoms with Gasteiger partial charge >= 0.3 is 0 Å². The molecule has 0 fully saturated rings. The van der Waals surface area contributed by atoms with E-state index in [0.717, 1.165) is 18.2 Å². The number of anilines is 2. The first-order chi connectivity index (χ1) is 11.0. The number of nitrogens with one attached hydrogen (secondary N) is 2. The first-order valence-corrected chi connectivity index (χ1v) is 8.30. The van der Waals surface area contributed by atoms with Crippen molar-refractivity contribution in [3.63, 3.8) is 0 Å². The summed E-state index contributed by atoms with van der Waals surface area (Å²) in [5.74, 6) is -1.76. The van der Waals surface area contributed by atoms with Crippen molar-refractivity contribution in [3.05, 3.63) is 42.5 Å². The average Bonchev–Trinajstić information content (AvgIpc) is 2.96. The largest absolute Gasteiger partial charge is 0.357 e. The Morgan fingerprint density at radius 2 is 2.26 bits per heavy atom. The van der Waals surface area contributed by atoms with Crippen LogP contribution in [-0.4, -0.2) is 27.9 Å². The monoisotopic (exact) mass is 356 g/mol. The van der Waals surface area contributed by atoms with E-state index in [1.165, 1.54) is 23.1 Å². The number of benzene rings is 1. The van der Waals surface area contributed by atoms with Gasteiger partial charge in [-0.15, -0.1) is 16.8 Å². The van der Waals surface area contributed by atoms with Crippen LogP contribution in [0.5, 0.6) is 0 Å². The van der Waals surface area contributed by atoms with E-state index in [1.54, 1.807) is 13.0 Å². The number of rotatable bonds is 7. The smallest absolute Gasteiger partial charge is 0.237 e. The van der Waals surface area contributed by atoms with Crippen LogP contribution in [0.4, 0.5) is 19.6 Å². The lowest BCUT2D eigenvalue weighted by molar-refractivity contribution is -0.115. The molecule has 0 radical (unpaired) electrons. The highest BCUT2D eigenvalue weighted by atomic mass is 32.2. The number of hydrogen-bond donors (Lipinski definition) is 2. The summed E-state index contributed by atoms with van der Waals surface area (Å²) in [5, 5.41) is 13.3. The molecule has 1 amide bonds. The molecule has 0 spiro atoms. The third-order valence-corrected chi connectivity index (χ3v) is 4.70. The van der Waals surface area contributed by atoms with Gasteiger partial charge in [0.25, 0.3) is 0 Å². The minimum atomic E-state index is -0.691. The van der Waals surface area contributed by atoms with Crippen LogP contribution in [0, 0.1) is 11.6 Å². The van der Waals surface area contributed by atoms with E-state index in [1.807, 2.05) is 0 Å². The normalized spacial score (nSPS) is 11.8. The average molecular weight is 356 g/mol. The predicted molar refractivity (Wildman–Crippen MR) is 88.9 cm³/mol. The van der Waals surface area contributed by atoms with Gasteiger partial charge in [-0.1, -0.05) is 29.2 Å². The van der Waals surface area contributed by atoms with Crippen molar-refractivity contribution >= 4 is 39.8 Å². The fourth-order valence-electron chi connectivity index (χ4n) is 1.52. The molecule has 0 saturated carbocycles. The number of thioether (sulfide) groups is 1. The van der Waals surface area contributed by atoms with Gasteiger partial charge in [0.05, 0.1) is 10.9 Å². The zero-order valence-electron chi connectivity index (χ0n) is 12.2. The van der Waals surface area contributed by atoms with E-state index in [0.29, 0.717) is 16.0 Å². The molecule has 0 aliphatic rings. The van der Waals surface area contributed by atoms with E-state index >= 15 is 0 Å². The molecular formula is C14H14F2N4OS2. The second-order valence-corrected chi connectivity index (χ2v) is 6.98. The fourth-order valence-corrected chi connectivity index (χ4v) is 3.42. The Labute approximate surface area is 140 Å². The number of nitrogens with zero attached hydrogens (tertiary/aromatic N) is 2. The van der Waals surface area contributed by atoms with Crippen LogP contribution in [0.1, 0.15) is 6.92 Å². The molecule has 0 aliphatic heterocycles. The standard InChI is InChI=1S/C14H14F2N4OS2/c1-3-6-17-13-19-20-14(23-13)22-8(2)12(21)18-11-7-9(15)4-5-10(11)16/h3-5,7-8H,1,6H2,2H3,(H,17,19)(H,18,21). The summed E-state index contributed by atoms with van der Waals surface area (Å²) in [7, 11) is 0. The van der Waals surface area contributed by atoms with Crippen molar-refractivity contribution in [2.45, 2.75) is 16.5 Å². The molecule has 122 valence electrons. The lowest BCUT2D eigenvalue weighted by atomic mass is 10.3. The van der Waals surface area contributed by atoms with E-state index in [-0.39, 0.29) is 5.69 Å². The van der Waals surface area contributed by atoms with E-state index in [9.17, 15) is 13.6 Å². The Morgan fingerprint density at radius 3 is 3.00 bits per heavy atom. The van der Waals surface area contributed by atoms with Gasteiger partial charge in [-0.05, 0) is 19.1 Å². The molecule has 9 heteroatoms. The Bertz CT molecular complexity index is 708. The third kappa shape index (κ3) is 5.00. The van der Waals surface area contributed by atoms with Crippen LogP contribution in [0.25, 0.3) is 0 Å². The number of amides is 1. The number of halogens is 2. The lowest BCUT2D eigenvalue weighted by Crippen LogP contribution is -2.23. The molecule has 5 nitrogen and oxygen atoms in total. The molecule has 23 heavy (non-hydrogen) atoms. The van der Waals surface area contributed by atoms with Gasteiger partial charge in [-0.25, -0.2) is 8.78 Å². The number of aromatic nitrogens is 2. The molecule has 1 atom stereocenters. The van der Waals surface area contributed by atoms with Gasteiger partial charge in [0.2, 0.25) is 11.0 Å². The molecule has 1 heterocycles. The zero-order chi connectivity index (χ0) is 16.8. The van der Waals surface area contributed by atoms with Crippen LogP contribution < -0.4 is 10.6 Å². The number of carbonyl (C=O) groups excluding carboxylic acids is 1. The highest BCUT2D eigenvalue weighted by Gasteiger charge is 2.18. The maximum Gasteiger partial charge on any atom is 0.237 e. The summed E-state index contributed by atoms with van der Waals surface area (Å²) < 4.78 is 27.2. The second kappa shape index (κ2) is 8.02. The molecular weight excluding hydrogens is 342 g/mol. The van der Waals surface area contributed by atoms with Gasteiger partial charge in [0.15, 0.2) is 4.34 Å².